The zero-order valence-electron chi connectivity index (χ0n) is 9.81. The Labute approximate surface area is 106 Å². The van der Waals surface area contributed by atoms with Crippen molar-refractivity contribution < 1.29 is 0 Å². The summed E-state index contributed by atoms with van der Waals surface area (Å²) in [7, 11) is 0. The molecule has 0 amide bonds. The number of fused-ring (bicyclic) bond motifs is 1. The zero-order valence-corrected chi connectivity index (χ0v) is 10.6. The highest BCUT2D eigenvalue weighted by atomic mass is 32.1. The molecule has 0 bridgehead atoms. The van der Waals surface area contributed by atoms with E-state index in [1.807, 2.05) is 11.3 Å². The van der Waals surface area contributed by atoms with Crippen LogP contribution in [0.1, 0.15) is 16.7 Å². The molecule has 0 atom stereocenters. The number of benzene rings is 2. The summed E-state index contributed by atoms with van der Waals surface area (Å²) >= 11 is 1.84. The van der Waals surface area contributed by atoms with Crippen molar-refractivity contribution in [2.45, 2.75) is 13.3 Å². The Morgan fingerprint density at radius 3 is 2.53 bits per heavy atom. The fraction of sp³-hybridized carbons (Fsp3) is 0.125. The summed E-state index contributed by atoms with van der Waals surface area (Å²) in [6.07, 6.45) is 1.04. The summed E-state index contributed by atoms with van der Waals surface area (Å²) in [5.41, 5.74) is 4.25. The van der Waals surface area contributed by atoms with Gasteiger partial charge in [-0.25, -0.2) is 0 Å². The molecule has 2 aromatic carbocycles. The third-order valence-corrected chi connectivity index (χ3v) is 4.22. The van der Waals surface area contributed by atoms with E-state index < -0.39 is 0 Å². The predicted molar refractivity (Wildman–Crippen MR) is 75.8 cm³/mol. The molecule has 1 aromatic heterocycles. The van der Waals surface area contributed by atoms with Crippen molar-refractivity contribution in [1.82, 2.24) is 0 Å². The van der Waals surface area contributed by atoms with Crippen LogP contribution in [-0.4, -0.2) is 0 Å². The lowest BCUT2D eigenvalue weighted by Crippen LogP contribution is -1.89. The predicted octanol–water partition coefficient (Wildman–Crippen LogP) is 4.80. The average molecular weight is 238 g/mol. The van der Waals surface area contributed by atoms with Gasteiger partial charge in [-0.2, -0.15) is 0 Å². The van der Waals surface area contributed by atoms with Gasteiger partial charge in [-0.05, 0) is 46.9 Å². The topological polar surface area (TPSA) is 0 Å². The molecule has 0 saturated heterocycles. The number of aryl methyl sites for hydroxylation is 1. The number of hydrogen-bond acceptors (Lipinski definition) is 1. The highest BCUT2D eigenvalue weighted by Crippen LogP contribution is 2.28. The van der Waals surface area contributed by atoms with Crippen LogP contribution in [0, 0.1) is 6.92 Å². The summed E-state index contributed by atoms with van der Waals surface area (Å²) in [6.45, 7) is 2.18. The molecule has 0 aliphatic heterocycles. The summed E-state index contributed by atoms with van der Waals surface area (Å²) < 4.78 is 1.39. The number of thiophene rings is 1. The van der Waals surface area contributed by atoms with E-state index in [9.17, 15) is 0 Å². The van der Waals surface area contributed by atoms with Crippen LogP contribution in [-0.2, 0) is 6.42 Å². The third-order valence-electron chi connectivity index (χ3n) is 3.20. The Kier molecular flexibility index (Phi) is 2.69. The SMILES string of the molecule is Cc1ccccc1Cc1csc2ccccc12. The highest BCUT2D eigenvalue weighted by Gasteiger charge is 2.05. The molecule has 3 rings (SSSR count). The van der Waals surface area contributed by atoms with Gasteiger partial charge in [0.15, 0.2) is 0 Å². The lowest BCUT2D eigenvalue weighted by atomic mass is 10.0. The maximum atomic E-state index is 2.29. The molecule has 0 fully saturated rings. The van der Waals surface area contributed by atoms with Crippen LogP contribution in [0.2, 0.25) is 0 Å². The quantitative estimate of drug-likeness (QED) is 0.601. The van der Waals surface area contributed by atoms with Crippen LogP contribution < -0.4 is 0 Å². The van der Waals surface area contributed by atoms with Gasteiger partial charge in [-0.15, -0.1) is 11.3 Å². The smallest absolute Gasteiger partial charge is 0.0345 e. The molecule has 0 N–H and O–H groups in total. The Hall–Kier alpha value is -1.60. The fourth-order valence-electron chi connectivity index (χ4n) is 2.18. The van der Waals surface area contributed by atoms with Crippen LogP contribution in [0.5, 0.6) is 0 Å². The molecule has 0 unspecified atom stereocenters. The summed E-state index contributed by atoms with van der Waals surface area (Å²) in [4.78, 5) is 0. The minimum Gasteiger partial charge on any atom is -0.144 e. The first-order valence-corrected chi connectivity index (χ1v) is 6.72. The van der Waals surface area contributed by atoms with Crippen LogP contribution in [0.25, 0.3) is 10.1 Å². The molecule has 3 aromatic rings. The monoisotopic (exact) mass is 238 g/mol. The Morgan fingerprint density at radius 2 is 1.65 bits per heavy atom. The van der Waals surface area contributed by atoms with E-state index in [4.69, 9.17) is 0 Å². The van der Waals surface area contributed by atoms with Gasteiger partial charge in [0, 0.05) is 4.70 Å². The van der Waals surface area contributed by atoms with Gasteiger partial charge < -0.3 is 0 Å². The van der Waals surface area contributed by atoms with Crippen LogP contribution >= 0.6 is 11.3 Å². The van der Waals surface area contributed by atoms with Gasteiger partial charge in [0.25, 0.3) is 0 Å². The first-order chi connectivity index (χ1) is 8.34. The van der Waals surface area contributed by atoms with Crippen molar-refractivity contribution in [3.63, 3.8) is 0 Å². The van der Waals surface area contributed by atoms with Crippen molar-refractivity contribution in [3.05, 3.63) is 70.6 Å². The number of hydrogen-bond donors (Lipinski definition) is 0. The van der Waals surface area contributed by atoms with Crippen molar-refractivity contribution >= 4 is 21.4 Å². The average Bonchev–Trinajstić information content (AvgIpc) is 2.76. The maximum absolute atomic E-state index is 2.29. The molecule has 17 heavy (non-hydrogen) atoms. The molecule has 0 radical (unpaired) electrons. The second-order valence-corrected chi connectivity index (χ2v) is 5.27. The highest BCUT2D eigenvalue weighted by molar-refractivity contribution is 7.17. The first-order valence-electron chi connectivity index (χ1n) is 5.84. The van der Waals surface area contributed by atoms with Gasteiger partial charge >= 0.3 is 0 Å². The molecule has 0 aliphatic rings. The molecule has 1 heterocycles. The number of rotatable bonds is 2. The van der Waals surface area contributed by atoms with Crippen molar-refractivity contribution in [2.24, 2.45) is 0 Å². The van der Waals surface area contributed by atoms with E-state index in [1.165, 1.54) is 26.8 Å². The van der Waals surface area contributed by atoms with Crippen LogP contribution in [0.3, 0.4) is 0 Å². The van der Waals surface area contributed by atoms with Gasteiger partial charge in [0.05, 0.1) is 0 Å². The van der Waals surface area contributed by atoms with E-state index in [1.54, 1.807) is 0 Å². The van der Waals surface area contributed by atoms with Gasteiger partial charge in [0.2, 0.25) is 0 Å². The minimum atomic E-state index is 1.04. The fourth-order valence-corrected chi connectivity index (χ4v) is 3.15. The molecular formula is C16H14S. The van der Waals surface area contributed by atoms with Gasteiger partial charge in [-0.3, -0.25) is 0 Å². The van der Waals surface area contributed by atoms with Crippen molar-refractivity contribution in [1.29, 1.82) is 0 Å². The lowest BCUT2D eigenvalue weighted by molar-refractivity contribution is 1.18. The summed E-state index contributed by atoms with van der Waals surface area (Å²) in [5.74, 6) is 0. The summed E-state index contributed by atoms with van der Waals surface area (Å²) in [6, 6.07) is 17.3. The Bertz CT molecular complexity index is 649. The summed E-state index contributed by atoms with van der Waals surface area (Å²) in [5, 5.41) is 3.69. The van der Waals surface area contributed by atoms with Crippen LogP contribution in [0.4, 0.5) is 0 Å². The molecule has 0 saturated carbocycles. The second-order valence-electron chi connectivity index (χ2n) is 4.36. The minimum absolute atomic E-state index is 1.04. The second kappa shape index (κ2) is 4.34. The molecule has 0 spiro atoms. The molecular weight excluding hydrogens is 224 g/mol. The normalized spacial score (nSPS) is 10.9. The molecule has 84 valence electrons. The largest absolute Gasteiger partial charge is 0.144 e. The standard InChI is InChI=1S/C16H14S/c1-12-6-2-3-7-13(12)10-14-11-17-16-9-5-4-8-15(14)16/h2-9,11H,10H2,1H3. The van der Waals surface area contributed by atoms with E-state index in [0.29, 0.717) is 0 Å². The van der Waals surface area contributed by atoms with Gasteiger partial charge in [0.1, 0.15) is 0 Å². The van der Waals surface area contributed by atoms with E-state index in [-0.39, 0.29) is 0 Å². The molecule has 0 aliphatic carbocycles. The third kappa shape index (κ3) is 1.98. The Morgan fingerprint density at radius 1 is 0.882 bits per heavy atom. The van der Waals surface area contributed by atoms with Gasteiger partial charge in [-0.1, -0.05) is 42.5 Å². The maximum Gasteiger partial charge on any atom is 0.0345 e. The van der Waals surface area contributed by atoms with E-state index in [0.717, 1.165) is 6.42 Å². The van der Waals surface area contributed by atoms with E-state index >= 15 is 0 Å². The zero-order chi connectivity index (χ0) is 11.7. The van der Waals surface area contributed by atoms with Crippen molar-refractivity contribution in [3.8, 4) is 0 Å². The lowest BCUT2D eigenvalue weighted by Gasteiger charge is -2.04. The first kappa shape index (κ1) is 10.5. The van der Waals surface area contributed by atoms with Crippen molar-refractivity contribution in [2.75, 3.05) is 0 Å². The van der Waals surface area contributed by atoms with Crippen LogP contribution in [0.15, 0.2) is 53.9 Å². The Balaban J connectivity index is 2.03. The molecule has 1 heteroatoms. The van der Waals surface area contributed by atoms with E-state index in [2.05, 4.69) is 60.8 Å². The molecule has 0 nitrogen and oxygen atoms in total.